The molecule has 0 aliphatic carbocycles. The van der Waals surface area contributed by atoms with Crippen molar-refractivity contribution in [2.45, 2.75) is 26.6 Å². The van der Waals surface area contributed by atoms with Gasteiger partial charge in [-0.05, 0) is 42.3 Å². The molecule has 0 atom stereocenters. The van der Waals surface area contributed by atoms with Gasteiger partial charge in [0.1, 0.15) is 0 Å². The summed E-state index contributed by atoms with van der Waals surface area (Å²) in [6.07, 6.45) is 4.12. The minimum atomic E-state index is -0.0441. The fourth-order valence-corrected chi connectivity index (χ4v) is 4.78. The van der Waals surface area contributed by atoms with Crippen LogP contribution in [0.3, 0.4) is 0 Å². The van der Waals surface area contributed by atoms with Crippen LogP contribution in [0.2, 0.25) is 10.0 Å². The van der Waals surface area contributed by atoms with Gasteiger partial charge in [0.2, 0.25) is 5.95 Å². The first-order valence-electron chi connectivity index (χ1n) is 11.0. The van der Waals surface area contributed by atoms with Gasteiger partial charge in [-0.25, -0.2) is 4.98 Å². The minimum Gasteiger partial charge on any atom is -0.297 e. The van der Waals surface area contributed by atoms with Crippen LogP contribution in [-0.2, 0) is 19.6 Å². The van der Waals surface area contributed by atoms with E-state index in [2.05, 4.69) is 9.88 Å². The highest BCUT2D eigenvalue weighted by Gasteiger charge is 2.29. The molecule has 0 radical (unpaired) electrons. The molecule has 4 aromatic rings. The number of nitrogens with zero attached hydrogens (tertiary/aromatic N) is 5. The van der Waals surface area contributed by atoms with Gasteiger partial charge < -0.3 is 0 Å². The van der Waals surface area contributed by atoms with Crippen molar-refractivity contribution in [2.75, 3.05) is 11.6 Å². The van der Waals surface area contributed by atoms with Crippen LogP contribution in [0.5, 0.6) is 0 Å². The Morgan fingerprint density at radius 1 is 0.971 bits per heavy atom. The van der Waals surface area contributed by atoms with Crippen LogP contribution in [-0.4, -0.2) is 26.1 Å². The summed E-state index contributed by atoms with van der Waals surface area (Å²) in [5.41, 5.74) is 4.25. The zero-order valence-electron chi connectivity index (χ0n) is 18.7. The molecular weight excluding hydrogens is 469 g/mol. The fourth-order valence-electron chi connectivity index (χ4n) is 4.27. The Labute approximate surface area is 208 Å². The summed E-state index contributed by atoms with van der Waals surface area (Å²) in [6, 6.07) is 19.3. The van der Waals surface area contributed by atoms with Crippen molar-refractivity contribution in [3.63, 3.8) is 0 Å². The van der Waals surface area contributed by atoms with Crippen molar-refractivity contribution in [3.8, 4) is 0 Å². The number of anilines is 2. The summed E-state index contributed by atoms with van der Waals surface area (Å²) in [7, 11) is 0. The molecule has 6 nitrogen and oxygen atoms in total. The average molecular weight is 492 g/mol. The van der Waals surface area contributed by atoms with Crippen LogP contribution in [0, 0.1) is 6.92 Å². The second-order valence-electron chi connectivity index (χ2n) is 8.37. The maximum absolute atomic E-state index is 13.8. The molecule has 0 saturated heterocycles. The molecule has 2 aromatic carbocycles. The molecule has 0 fully saturated rings. The molecule has 1 aliphatic heterocycles. The van der Waals surface area contributed by atoms with Gasteiger partial charge in [0.05, 0.1) is 29.7 Å². The van der Waals surface area contributed by atoms with E-state index in [1.165, 1.54) is 0 Å². The highest BCUT2D eigenvalue weighted by Crippen LogP contribution is 2.35. The van der Waals surface area contributed by atoms with Crippen LogP contribution in [0.25, 0.3) is 0 Å². The predicted molar refractivity (Wildman–Crippen MR) is 136 cm³/mol. The number of aromatic nitrogens is 3. The number of hydrogen-bond donors (Lipinski definition) is 0. The zero-order chi connectivity index (χ0) is 23.7. The van der Waals surface area contributed by atoms with E-state index < -0.39 is 0 Å². The molecule has 8 heteroatoms. The molecule has 3 heterocycles. The third-order valence-corrected chi connectivity index (χ3v) is 6.46. The molecule has 0 amide bonds. The Morgan fingerprint density at radius 2 is 1.76 bits per heavy atom. The SMILES string of the molecule is Cc1nc2n(c(=O)c1Cc1ccccc1)CN(Cc1cccnc1)CN2c1ccc(Cl)cc1Cl. The predicted octanol–water partition coefficient (Wildman–Crippen LogP) is 5.41. The van der Waals surface area contributed by atoms with Gasteiger partial charge in [-0.1, -0.05) is 59.6 Å². The summed E-state index contributed by atoms with van der Waals surface area (Å²) in [6.45, 7) is 3.45. The number of halogens is 2. The fraction of sp³-hybridized carbons (Fsp3) is 0.192. The van der Waals surface area contributed by atoms with Crippen molar-refractivity contribution in [1.29, 1.82) is 0 Å². The number of fused-ring (bicyclic) bond motifs is 1. The molecule has 1 aliphatic rings. The van der Waals surface area contributed by atoms with Crippen LogP contribution in [0.15, 0.2) is 77.9 Å². The third-order valence-electron chi connectivity index (χ3n) is 5.93. The van der Waals surface area contributed by atoms with Gasteiger partial charge in [-0.2, -0.15) is 0 Å². The Hall–Kier alpha value is -3.19. The van der Waals surface area contributed by atoms with Crippen molar-refractivity contribution in [2.24, 2.45) is 0 Å². The van der Waals surface area contributed by atoms with E-state index in [-0.39, 0.29) is 5.56 Å². The largest absolute Gasteiger partial charge is 0.297 e. The monoisotopic (exact) mass is 491 g/mol. The summed E-state index contributed by atoms with van der Waals surface area (Å²) < 4.78 is 1.73. The lowest BCUT2D eigenvalue weighted by Gasteiger charge is -2.38. The lowest BCUT2D eigenvalue weighted by atomic mass is 10.1. The zero-order valence-corrected chi connectivity index (χ0v) is 20.2. The Bertz CT molecular complexity index is 1380. The number of benzene rings is 2. The first-order valence-corrected chi connectivity index (χ1v) is 11.7. The molecule has 0 saturated carbocycles. The minimum absolute atomic E-state index is 0.0441. The van der Waals surface area contributed by atoms with E-state index in [1.54, 1.807) is 22.9 Å². The van der Waals surface area contributed by atoms with Gasteiger partial charge >= 0.3 is 0 Å². The van der Waals surface area contributed by atoms with Gasteiger partial charge in [0, 0.05) is 35.9 Å². The smallest absolute Gasteiger partial charge is 0.259 e. The first kappa shape index (κ1) is 22.6. The van der Waals surface area contributed by atoms with Crippen molar-refractivity contribution >= 4 is 34.8 Å². The summed E-state index contributed by atoms with van der Waals surface area (Å²) in [4.78, 5) is 27.0. The quantitative estimate of drug-likeness (QED) is 0.373. The van der Waals surface area contributed by atoms with E-state index in [0.29, 0.717) is 47.9 Å². The standard InChI is InChI=1S/C26H23Cl2N5O/c1-18-22(12-19-6-3-2-4-7-19)25(34)33-17-31(15-20-8-5-11-29-14-20)16-32(26(33)30-18)24-10-9-21(27)13-23(24)28/h2-11,13-14H,12,15-17H2,1H3. The Balaban J connectivity index is 1.60. The van der Waals surface area contributed by atoms with E-state index in [4.69, 9.17) is 28.2 Å². The highest BCUT2D eigenvalue weighted by atomic mass is 35.5. The molecule has 172 valence electrons. The summed E-state index contributed by atoms with van der Waals surface area (Å²) >= 11 is 12.7. The second kappa shape index (κ2) is 9.58. The Kier molecular flexibility index (Phi) is 6.37. The number of hydrogen-bond acceptors (Lipinski definition) is 5. The number of rotatable bonds is 5. The third kappa shape index (κ3) is 4.57. The molecule has 5 rings (SSSR count). The molecule has 0 bridgehead atoms. The van der Waals surface area contributed by atoms with E-state index in [9.17, 15) is 4.79 Å². The molecular formula is C26H23Cl2N5O. The number of aryl methyl sites for hydroxylation is 1. The first-order chi connectivity index (χ1) is 16.5. The van der Waals surface area contributed by atoms with Gasteiger partial charge in [-0.3, -0.25) is 24.1 Å². The van der Waals surface area contributed by atoms with Gasteiger partial charge in [-0.15, -0.1) is 0 Å². The average Bonchev–Trinajstić information content (AvgIpc) is 2.83. The van der Waals surface area contributed by atoms with E-state index in [1.807, 2.05) is 66.6 Å². The molecule has 2 aromatic heterocycles. The van der Waals surface area contributed by atoms with Crippen molar-refractivity contribution < 1.29 is 0 Å². The maximum atomic E-state index is 13.8. The highest BCUT2D eigenvalue weighted by molar-refractivity contribution is 6.36. The lowest BCUT2D eigenvalue weighted by molar-refractivity contribution is 0.189. The van der Waals surface area contributed by atoms with Crippen LogP contribution >= 0.6 is 23.2 Å². The lowest BCUT2D eigenvalue weighted by Crippen LogP contribution is -2.47. The second-order valence-corrected chi connectivity index (χ2v) is 9.21. The van der Waals surface area contributed by atoms with Crippen LogP contribution in [0.4, 0.5) is 11.6 Å². The van der Waals surface area contributed by atoms with Gasteiger partial charge in [0.25, 0.3) is 5.56 Å². The van der Waals surface area contributed by atoms with Crippen molar-refractivity contribution in [3.05, 3.63) is 116 Å². The Morgan fingerprint density at radius 3 is 2.50 bits per heavy atom. The summed E-state index contributed by atoms with van der Waals surface area (Å²) in [5, 5.41) is 1.06. The van der Waals surface area contributed by atoms with Gasteiger partial charge in [0.15, 0.2) is 0 Å². The number of pyridine rings is 1. The molecule has 34 heavy (non-hydrogen) atoms. The topological polar surface area (TPSA) is 54.3 Å². The van der Waals surface area contributed by atoms with E-state index >= 15 is 0 Å². The van der Waals surface area contributed by atoms with E-state index in [0.717, 1.165) is 22.5 Å². The molecule has 0 unspecified atom stereocenters. The molecule has 0 N–H and O–H groups in total. The van der Waals surface area contributed by atoms with Crippen LogP contribution in [0.1, 0.15) is 22.4 Å². The summed E-state index contributed by atoms with van der Waals surface area (Å²) in [5.74, 6) is 0.575. The van der Waals surface area contributed by atoms with Crippen LogP contribution < -0.4 is 10.5 Å². The van der Waals surface area contributed by atoms with Crippen molar-refractivity contribution in [1.82, 2.24) is 19.4 Å². The molecule has 0 spiro atoms. The maximum Gasteiger partial charge on any atom is 0.259 e. The normalized spacial score (nSPS) is 13.7.